The minimum Gasteiger partial charge on any atom is -0.480 e. The molecule has 2 atom stereocenters. The third-order valence-corrected chi connectivity index (χ3v) is 4.45. The number of rotatable bonds is 9. The number of hydrogen-bond donors (Lipinski definition) is 7. The van der Waals surface area contributed by atoms with E-state index in [4.69, 9.17) is 15.9 Å². The van der Waals surface area contributed by atoms with E-state index in [0.717, 1.165) is 0 Å². The van der Waals surface area contributed by atoms with Gasteiger partial charge in [0.05, 0.1) is 18.4 Å². The highest BCUT2D eigenvalue weighted by Gasteiger charge is 2.27. The van der Waals surface area contributed by atoms with Crippen LogP contribution < -0.4 is 21.9 Å². The molecule has 3 rings (SSSR count). The third kappa shape index (κ3) is 5.76. The molecule has 1 amide bonds. The second-order valence-corrected chi connectivity index (χ2v) is 6.87. The van der Waals surface area contributed by atoms with E-state index in [2.05, 4.69) is 30.6 Å². The number of aliphatic hydroxyl groups excluding tert-OH is 1. The lowest BCUT2D eigenvalue weighted by Gasteiger charge is -2.16. The molecule has 14 heteroatoms. The number of hydrogen-bond acceptors (Lipinski definition) is 10. The molecule has 0 spiro atoms. The summed E-state index contributed by atoms with van der Waals surface area (Å²) in [5, 5.41) is 32.4. The van der Waals surface area contributed by atoms with Gasteiger partial charge in [-0.15, -0.1) is 0 Å². The molecule has 1 aromatic carbocycles. The lowest BCUT2D eigenvalue weighted by molar-refractivity contribution is -0.148. The van der Waals surface area contributed by atoms with Gasteiger partial charge in [-0.25, -0.2) is 19.6 Å². The highest BCUT2D eigenvalue weighted by molar-refractivity contribution is 5.97. The number of carbonyl (C=O) groups excluding carboxylic acids is 1. The van der Waals surface area contributed by atoms with Crippen molar-refractivity contribution >= 4 is 40.6 Å². The van der Waals surface area contributed by atoms with Crippen LogP contribution in [-0.4, -0.2) is 65.2 Å². The largest absolute Gasteiger partial charge is 0.480 e. The predicted octanol–water partition coefficient (Wildman–Crippen LogP) is -1.07. The van der Waals surface area contributed by atoms with Crippen LogP contribution in [0.15, 0.2) is 35.3 Å². The van der Waals surface area contributed by atoms with Gasteiger partial charge in [-0.1, -0.05) is 0 Å². The molecular weight excluding hydrogens is 438 g/mol. The van der Waals surface area contributed by atoms with E-state index in [1.165, 1.54) is 18.3 Å². The van der Waals surface area contributed by atoms with Gasteiger partial charge >= 0.3 is 11.9 Å². The number of aromatic amines is 1. The van der Waals surface area contributed by atoms with Crippen molar-refractivity contribution in [2.75, 3.05) is 11.1 Å². The van der Waals surface area contributed by atoms with Gasteiger partial charge in [0.25, 0.3) is 11.5 Å². The minimum atomic E-state index is -1.93. The number of anilines is 2. The standard InChI is InChI=1S/C19H19N7O7/c20-19-25-14-13(16(29)26-19)23-10(7-22-14)6-21-9-3-1-8(2-4-9)15(28)24-11(17(30)31)5-12(27)18(32)33/h1-4,7,11-12,21,27H,5-6H2,(H,24,28)(H,30,31)(H,32,33)(H3,20,22,25,26,29). The molecule has 8 N–H and O–H groups in total. The van der Waals surface area contributed by atoms with Gasteiger partial charge in [0.2, 0.25) is 5.95 Å². The van der Waals surface area contributed by atoms with Gasteiger partial charge in [0.1, 0.15) is 6.04 Å². The summed E-state index contributed by atoms with van der Waals surface area (Å²) in [5.74, 6) is -3.88. The first kappa shape index (κ1) is 23.1. The second kappa shape index (κ2) is 9.69. The summed E-state index contributed by atoms with van der Waals surface area (Å²) in [6.07, 6.45) is -1.19. The number of nitrogens with one attached hydrogen (secondary N) is 3. The first-order valence-corrected chi connectivity index (χ1v) is 9.44. The average Bonchev–Trinajstić information content (AvgIpc) is 2.77. The summed E-state index contributed by atoms with van der Waals surface area (Å²) >= 11 is 0. The number of fused-ring (bicyclic) bond motifs is 1. The van der Waals surface area contributed by atoms with Gasteiger partial charge in [0, 0.05) is 17.7 Å². The Morgan fingerprint density at radius 1 is 1.09 bits per heavy atom. The normalized spacial score (nSPS) is 12.6. The zero-order valence-electron chi connectivity index (χ0n) is 16.8. The van der Waals surface area contributed by atoms with Crippen LogP contribution >= 0.6 is 0 Å². The number of aromatic nitrogens is 4. The lowest BCUT2D eigenvalue weighted by Crippen LogP contribution is -2.44. The number of benzene rings is 1. The van der Waals surface area contributed by atoms with E-state index in [-0.39, 0.29) is 29.2 Å². The zero-order valence-corrected chi connectivity index (χ0v) is 16.8. The maximum absolute atomic E-state index is 12.3. The minimum absolute atomic E-state index is 0.0384. The Hall–Kier alpha value is -4.59. The van der Waals surface area contributed by atoms with Crippen molar-refractivity contribution in [2.24, 2.45) is 0 Å². The van der Waals surface area contributed by atoms with Crippen LogP contribution in [0, 0.1) is 0 Å². The van der Waals surface area contributed by atoms with Crippen LogP contribution in [0.1, 0.15) is 22.5 Å². The molecule has 2 heterocycles. The Kier molecular flexibility index (Phi) is 6.78. The molecule has 0 bridgehead atoms. The van der Waals surface area contributed by atoms with Crippen LogP contribution in [-0.2, 0) is 16.1 Å². The summed E-state index contributed by atoms with van der Waals surface area (Å²) in [7, 11) is 0. The van der Waals surface area contributed by atoms with Crippen molar-refractivity contribution < 1.29 is 29.7 Å². The van der Waals surface area contributed by atoms with Gasteiger partial charge < -0.3 is 31.7 Å². The third-order valence-electron chi connectivity index (χ3n) is 4.45. The van der Waals surface area contributed by atoms with Crippen LogP contribution in [0.4, 0.5) is 11.6 Å². The SMILES string of the molecule is Nc1nc2ncc(CNc3ccc(C(=O)NC(CC(O)C(=O)O)C(=O)O)cc3)nc2c(=O)[nH]1. The summed E-state index contributed by atoms with van der Waals surface area (Å²) in [6, 6.07) is 4.38. The van der Waals surface area contributed by atoms with Crippen molar-refractivity contribution in [1.29, 1.82) is 0 Å². The Bertz CT molecular complexity index is 1260. The molecule has 0 aliphatic heterocycles. The molecule has 0 aliphatic rings. The predicted molar refractivity (Wildman–Crippen MR) is 113 cm³/mol. The molecule has 172 valence electrons. The van der Waals surface area contributed by atoms with Gasteiger partial charge in [-0.05, 0) is 24.3 Å². The molecule has 0 saturated carbocycles. The van der Waals surface area contributed by atoms with Crippen molar-refractivity contribution in [3.63, 3.8) is 0 Å². The fourth-order valence-electron chi connectivity index (χ4n) is 2.78. The van der Waals surface area contributed by atoms with E-state index in [9.17, 15) is 24.3 Å². The Morgan fingerprint density at radius 3 is 2.42 bits per heavy atom. The van der Waals surface area contributed by atoms with Crippen LogP contribution in [0.5, 0.6) is 0 Å². The number of carboxylic acids is 2. The molecule has 14 nitrogen and oxygen atoms in total. The number of carbonyl (C=O) groups is 3. The number of H-pyrrole nitrogens is 1. The molecule has 0 fully saturated rings. The maximum atomic E-state index is 12.3. The molecule has 3 aromatic rings. The maximum Gasteiger partial charge on any atom is 0.332 e. The molecule has 0 saturated heterocycles. The molecule has 0 aliphatic carbocycles. The Labute approximate surface area is 184 Å². The summed E-state index contributed by atoms with van der Waals surface area (Å²) in [5.41, 5.74) is 6.27. The highest BCUT2D eigenvalue weighted by Crippen LogP contribution is 2.12. The van der Waals surface area contributed by atoms with Crippen LogP contribution in [0.25, 0.3) is 11.2 Å². The summed E-state index contributed by atoms with van der Waals surface area (Å²) < 4.78 is 0. The fraction of sp³-hybridized carbons (Fsp3) is 0.211. The number of carboxylic acid groups (broad SMARTS) is 2. The van der Waals surface area contributed by atoms with Crippen molar-refractivity contribution in [3.8, 4) is 0 Å². The molecule has 0 radical (unpaired) electrons. The van der Waals surface area contributed by atoms with E-state index in [1.54, 1.807) is 12.1 Å². The quantitative estimate of drug-likeness (QED) is 0.203. The Balaban J connectivity index is 1.63. The highest BCUT2D eigenvalue weighted by atomic mass is 16.4. The second-order valence-electron chi connectivity index (χ2n) is 6.87. The van der Waals surface area contributed by atoms with Gasteiger partial charge in [-0.2, -0.15) is 4.98 Å². The number of aliphatic hydroxyl groups is 1. The first-order valence-electron chi connectivity index (χ1n) is 9.44. The van der Waals surface area contributed by atoms with Crippen molar-refractivity contribution in [1.82, 2.24) is 25.3 Å². The van der Waals surface area contributed by atoms with Crippen molar-refractivity contribution in [3.05, 3.63) is 52.1 Å². The number of nitrogens with zero attached hydrogens (tertiary/aromatic N) is 3. The van der Waals surface area contributed by atoms with Gasteiger partial charge in [0.15, 0.2) is 17.3 Å². The summed E-state index contributed by atoms with van der Waals surface area (Å²) in [4.78, 5) is 60.6. The summed E-state index contributed by atoms with van der Waals surface area (Å²) in [6.45, 7) is 0.201. The van der Waals surface area contributed by atoms with E-state index < -0.39 is 42.0 Å². The average molecular weight is 457 g/mol. The number of nitrogens with two attached hydrogens (primary N) is 1. The topological polar surface area (TPSA) is 234 Å². The molecule has 2 aromatic heterocycles. The lowest BCUT2D eigenvalue weighted by atomic mass is 10.1. The van der Waals surface area contributed by atoms with Gasteiger partial charge in [-0.3, -0.25) is 14.6 Å². The molecule has 33 heavy (non-hydrogen) atoms. The monoisotopic (exact) mass is 457 g/mol. The zero-order chi connectivity index (χ0) is 24.1. The number of nitrogen functional groups attached to an aromatic ring is 1. The van der Waals surface area contributed by atoms with Crippen molar-refractivity contribution in [2.45, 2.75) is 25.1 Å². The van der Waals surface area contributed by atoms with E-state index in [0.29, 0.717) is 11.4 Å². The fourth-order valence-corrected chi connectivity index (χ4v) is 2.78. The van der Waals surface area contributed by atoms with Crippen LogP contribution in [0.3, 0.4) is 0 Å². The smallest absolute Gasteiger partial charge is 0.332 e. The molecule has 2 unspecified atom stereocenters. The number of aliphatic carboxylic acids is 2. The van der Waals surface area contributed by atoms with Crippen LogP contribution in [0.2, 0.25) is 0 Å². The number of amides is 1. The van der Waals surface area contributed by atoms with E-state index in [1.807, 2.05) is 0 Å². The first-order chi connectivity index (χ1) is 15.6. The molecular formula is C19H19N7O7. The van der Waals surface area contributed by atoms with E-state index >= 15 is 0 Å². The Morgan fingerprint density at radius 2 is 1.79 bits per heavy atom.